The average molecular weight is 254 g/mol. The van der Waals surface area contributed by atoms with Gasteiger partial charge in [-0.15, -0.1) is 0 Å². The van der Waals surface area contributed by atoms with E-state index in [0.717, 1.165) is 32.2 Å². The number of carboxylic acids is 1. The molecule has 3 unspecified atom stereocenters. The van der Waals surface area contributed by atoms with Gasteiger partial charge in [0.25, 0.3) is 0 Å². The van der Waals surface area contributed by atoms with E-state index in [4.69, 9.17) is 5.11 Å². The number of hydrogen-bond donors (Lipinski definition) is 2. The largest absolute Gasteiger partial charge is 0.481 e. The van der Waals surface area contributed by atoms with E-state index < -0.39 is 5.97 Å². The number of hydrogen-bond acceptors (Lipinski definition) is 3. The maximum absolute atomic E-state index is 11.1. The molecule has 0 aromatic rings. The smallest absolute Gasteiger partial charge is 0.306 e. The molecule has 2 aliphatic rings. The predicted octanol–water partition coefficient (Wildman–Crippen LogP) is 1.70. The summed E-state index contributed by atoms with van der Waals surface area (Å²) in [6.07, 6.45) is 7.58. The molecule has 4 heteroatoms. The lowest BCUT2D eigenvalue weighted by Gasteiger charge is -2.31. The van der Waals surface area contributed by atoms with Gasteiger partial charge in [0.05, 0.1) is 5.92 Å². The predicted molar refractivity (Wildman–Crippen MR) is 71.7 cm³/mol. The summed E-state index contributed by atoms with van der Waals surface area (Å²) >= 11 is 0. The minimum Gasteiger partial charge on any atom is -0.481 e. The first-order chi connectivity index (χ1) is 8.65. The lowest BCUT2D eigenvalue weighted by Crippen LogP contribution is -2.42. The van der Waals surface area contributed by atoms with Crippen molar-refractivity contribution in [2.45, 2.75) is 57.0 Å². The molecule has 1 saturated carbocycles. The molecule has 2 rings (SSSR count). The van der Waals surface area contributed by atoms with Gasteiger partial charge in [0.2, 0.25) is 0 Å². The molecule has 0 bridgehead atoms. The highest BCUT2D eigenvalue weighted by Gasteiger charge is 2.28. The fraction of sp³-hybridized carbons (Fsp3) is 0.929. The second-order valence-electron chi connectivity index (χ2n) is 6.00. The quantitative estimate of drug-likeness (QED) is 0.805. The van der Waals surface area contributed by atoms with E-state index in [-0.39, 0.29) is 5.92 Å². The fourth-order valence-corrected chi connectivity index (χ4v) is 3.31. The maximum Gasteiger partial charge on any atom is 0.306 e. The van der Waals surface area contributed by atoms with Crippen LogP contribution >= 0.6 is 0 Å². The molecule has 2 fully saturated rings. The Bertz CT molecular complexity index is 283. The molecule has 0 aromatic heterocycles. The van der Waals surface area contributed by atoms with Gasteiger partial charge in [-0.25, -0.2) is 0 Å². The van der Waals surface area contributed by atoms with Crippen molar-refractivity contribution < 1.29 is 9.90 Å². The number of nitrogens with one attached hydrogen (secondary N) is 1. The van der Waals surface area contributed by atoms with E-state index in [2.05, 4.69) is 17.3 Å². The van der Waals surface area contributed by atoms with E-state index >= 15 is 0 Å². The lowest BCUT2D eigenvalue weighted by molar-refractivity contribution is -0.143. The number of aliphatic carboxylic acids is 1. The van der Waals surface area contributed by atoms with E-state index in [9.17, 15) is 4.79 Å². The molecule has 1 aliphatic carbocycles. The normalized spacial score (nSPS) is 35.1. The zero-order valence-electron chi connectivity index (χ0n) is 11.4. The third kappa shape index (κ3) is 3.95. The minimum absolute atomic E-state index is 0.121. The molecular weight excluding hydrogens is 228 g/mol. The molecule has 1 heterocycles. The van der Waals surface area contributed by atoms with Crippen LogP contribution in [0.2, 0.25) is 0 Å². The van der Waals surface area contributed by atoms with E-state index in [1.807, 2.05) is 0 Å². The first kappa shape index (κ1) is 13.8. The second-order valence-corrected chi connectivity index (χ2v) is 6.00. The summed E-state index contributed by atoms with van der Waals surface area (Å²) in [5, 5.41) is 12.8. The number of carbonyl (C=O) groups is 1. The highest BCUT2D eigenvalue weighted by molar-refractivity contribution is 5.70. The molecule has 0 radical (unpaired) electrons. The van der Waals surface area contributed by atoms with Crippen LogP contribution in [0.4, 0.5) is 0 Å². The molecule has 3 atom stereocenters. The summed E-state index contributed by atoms with van der Waals surface area (Å²) in [5.41, 5.74) is 0. The summed E-state index contributed by atoms with van der Waals surface area (Å²) < 4.78 is 0. The molecule has 18 heavy (non-hydrogen) atoms. The molecule has 4 nitrogen and oxygen atoms in total. The van der Waals surface area contributed by atoms with Crippen LogP contribution in [0.5, 0.6) is 0 Å². The Morgan fingerprint density at radius 1 is 1.11 bits per heavy atom. The van der Waals surface area contributed by atoms with Gasteiger partial charge in [-0.3, -0.25) is 4.79 Å². The van der Waals surface area contributed by atoms with Crippen molar-refractivity contribution in [2.24, 2.45) is 5.92 Å². The first-order valence-corrected chi connectivity index (χ1v) is 7.32. The topological polar surface area (TPSA) is 52.6 Å². The van der Waals surface area contributed by atoms with Gasteiger partial charge < -0.3 is 15.3 Å². The van der Waals surface area contributed by atoms with Crippen molar-refractivity contribution in [3.05, 3.63) is 0 Å². The van der Waals surface area contributed by atoms with Gasteiger partial charge in [0, 0.05) is 12.1 Å². The summed E-state index contributed by atoms with van der Waals surface area (Å²) in [4.78, 5) is 13.4. The summed E-state index contributed by atoms with van der Waals surface area (Å²) in [5.74, 6) is -0.730. The van der Waals surface area contributed by atoms with Crippen LogP contribution in [-0.4, -0.2) is 48.2 Å². The molecule has 0 spiro atoms. The SMILES string of the molecule is CN1CCCC(NC2CCCC(C(=O)O)C2)CC1. The van der Waals surface area contributed by atoms with Crippen LogP contribution in [-0.2, 0) is 4.79 Å². The molecule has 1 aliphatic heterocycles. The lowest BCUT2D eigenvalue weighted by atomic mass is 9.85. The summed E-state index contributed by atoms with van der Waals surface area (Å²) in [6, 6.07) is 1.01. The van der Waals surface area contributed by atoms with Gasteiger partial charge >= 0.3 is 5.97 Å². The van der Waals surface area contributed by atoms with Crippen LogP contribution < -0.4 is 5.32 Å². The third-order valence-corrected chi connectivity index (χ3v) is 4.45. The zero-order chi connectivity index (χ0) is 13.0. The molecule has 0 aromatic carbocycles. The zero-order valence-corrected chi connectivity index (χ0v) is 11.4. The van der Waals surface area contributed by atoms with Crippen LogP contribution in [0.15, 0.2) is 0 Å². The van der Waals surface area contributed by atoms with Crippen molar-refractivity contribution in [2.75, 3.05) is 20.1 Å². The van der Waals surface area contributed by atoms with Gasteiger partial charge in [-0.2, -0.15) is 0 Å². The Labute approximate surface area is 110 Å². The highest BCUT2D eigenvalue weighted by atomic mass is 16.4. The van der Waals surface area contributed by atoms with Crippen LogP contribution in [0.25, 0.3) is 0 Å². The van der Waals surface area contributed by atoms with Crippen LogP contribution in [0, 0.1) is 5.92 Å². The van der Waals surface area contributed by atoms with Crippen molar-refractivity contribution >= 4 is 5.97 Å². The van der Waals surface area contributed by atoms with Crippen LogP contribution in [0.3, 0.4) is 0 Å². The van der Waals surface area contributed by atoms with Gasteiger partial charge in [0.15, 0.2) is 0 Å². The van der Waals surface area contributed by atoms with Crippen molar-refractivity contribution in [1.29, 1.82) is 0 Å². The Hall–Kier alpha value is -0.610. The van der Waals surface area contributed by atoms with Gasteiger partial charge in [-0.1, -0.05) is 6.42 Å². The van der Waals surface area contributed by atoms with E-state index in [0.29, 0.717) is 12.1 Å². The number of carboxylic acid groups (broad SMARTS) is 1. The standard InChI is InChI=1S/C14H26N2O2/c1-16-8-3-6-12(7-9-16)15-13-5-2-4-11(10-13)14(17)18/h11-13,15H,2-10H2,1H3,(H,17,18). The van der Waals surface area contributed by atoms with Crippen molar-refractivity contribution in [3.8, 4) is 0 Å². The van der Waals surface area contributed by atoms with Crippen LogP contribution in [0.1, 0.15) is 44.9 Å². The molecule has 104 valence electrons. The molecule has 0 amide bonds. The molecular formula is C14H26N2O2. The van der Waals surface area contributed by atoms with Gasteiger partial charge in [-0.05, 0) is 58.7 Å². The Kier molecular flexibility index (Phi) is 5.01. The summed E-state index contributed by atoms with van der Waals surface area (Å²) in [7, 11) is 2.18. The number of likely N-dealkylation sites (tertiary alicyclic amines) is 1. The molecule has 2 N–H and O–H groups in total. The van der Waals surface area contributed by atoms with Crippen molar-refractivity contribution in [1.82, 2.24) is 10.2 Å². The Morgan fingerprint density at radius 2 is 1.89 bits per heavy atom. The van der Waals surface area contributed by atoms with Crippen molar-refractivity contribution in [3.63, 3.8) is 0 Å². The number of nitrogens with zero attached hydrogens (tertiary/aromatic N) is 1. The Balaban J connectivity index is 1.79. The average Bonchev–Trinajstić information content (AvgIpc) is 2.55. The monoisotopic (exact) mass is 254 g/mol. The minimum atomic E-state index is -0.609. The van der Waals surface area contributed by atoms with E-state index in [1.165, 1.54) is 25.8 Å². The molecule has 1 saturated heterocycles. The number of rotatable bonds is 3. The highest BCUT2D eigenvalue weighted by Crippen LogP contribution is 2.25. The fourth-order valence-electron chi connectivity index (χ4n) is 3.31. The maximum atomic E-state index is 11.1. The third-order valence-electron chi connectivity index (χ3n) is 4.45. The first-order valence-electron chi connectivity index (χ1n) is 7.32. The Morgan fingerprint density at radius 3 is 2.67 bits per heavy atom. The van der Waals surface area contributed by atoms with E-state index in [1.54, 1.807) is 0 Å². The van der Waals surface area contributed by atoms with Gasteiger partial charge in [0.1, 0.15) is 0 Å². The summed E-state index contributed by atoms with van der Waals surface area (Å²) in [6.45, 7) is 2.35. The second kappa shape index (κ2) is 6.53.